The fourth-order valence-corrected chi connectivity index (χ4v) is 3.54. The predicted octanol–water partition coefficient (Wildman–Crippen LogP) is 2.89. The van der Waals surface area contributed by atoms with Crippen LogP contribution in [0, 0.1) is 5.92 Å². The third kappa shape index (κ3) is 6.65. The van der Waals surface area contributed by atoms with E-state index in [4.69, 9.17) is 14.6 Å². The van der Waals surface area contributed by atoms with Crippen molar-refractivity contribution in [3.8, 4) is 5.75 Å². The van der Waals surface area contributed by atoms with Crippen molar-refractivity contribution in [1.82, 2.24) is 15.6 Å². The molecule has 1 aliphatic rings. The maximum absolute atomic E-state index is 12.6. The molecule has 8 nitrogen and oxygen atoms in total. The molecule has 1 fully saturated rings. The van der Waals surface area contributed by atoms with Crippen LogP contribution in [0.25, 0.3) is 0 Å². The fraction of sp³-hybridized carbons (Fsp3) is 0.409. The molecule has 1 aromatic heterocycles. The Kier molecular flexibility index (Phi) is 8.93. The zero-order chi connectivity index (χ0) is 21.9. The van der Waals surface area contributed by atoms with E-state index in [1.54, 1.807) is 25.4 Å². The molecule has 0 unspecified atom stereocenters. The number of ether oxygens (including phenoxy) is 1. The number of carbonyl (C=O) groups is 3. The monoisotopic (exact) mass is 415 g/mol. The summed E-state index contributed by atoms with van der Waals surface area (Å²) < 4.78 is 5.17. The van der Waals surface area contributed by atoms with Gasteiger partial charge in [-0.2, -0.15) is 0 Å². The van der Waals surface area contributed by atoms with Crippen LogP contribution in [0.5, 0.6) is 5.75 Å². The molecule has 4 N–H and O–H groups in total. The number of carboxylic acid groups (broad SMARTS) is 1. The Hall–Kier alpha value is -3.29. The quantitative estimate of drug-likeness (QED) is 0.541. The van der Waals surface area contributed by atoms with Crippen LogP contribution in [-0.2, 0) is 9.59 Å². The molecule has 2 aromatic rings. The number of aromatic nitrogens is 1. The summed E-state index contributed by atoms with van der Waals surface area (Å²) in [4.78, 5) is 36.0. The number of aromatic amines is 1. The molecule has 1 aromatic carbocycles. The maximum atomic E-state index is 12.6. The van der Waals surface area contributed by atoms with E-state index in [0.29, 0.717) is 5.69 Å². The number of hydrogen-bond donors (Lipinski definition) is 4. The van der Waals surface area contributed by atoms with E-state index >= 15 is 0 Å². The van der Waals surface area contributed by atoms with E-state index in [-0.39, 0.29) is 36.3 Å². The minimum atomic E-state index is -0.250. The highest BCUT2D eigenvalue weighted by Crippen LogP contribution is 2.26. The van der Waals surface area contributed by atoms with Crippen molar-refractivity contribution in [3.05, 3.63) is 53.9 Å². The molecule has 1 heterocycles. The predicted molar refractivity (Wildman–Crippen MR) is 112 cm³/mol. The smallest absolute Gasteiger partial charge is 0.290 e. The summed E-state index contributed by atoms with van der Waals surface area (Å²) in [7, 11) is 1.64. The second-order valence-corrected chi connectivity index (χ2v) is 7.21. The number of methoxy groups -OCH3 is 1. The van der Waals surface area contributed by atoms with Gasteiger partial charge in [0, 0.05) is 18.2 Å². The van der Waals surface area contributed by atoms with E-state index in [1.165, 1.54) is 0 Å². The van der Waals surface area contributed by atoms with Gasteiger partial charge >= 0.3 is 0 Å². The molecular formula is C22H29N3O5. The van der Waals surface area contributed by atoms with Crippen LogP contribution < -0.4 is 15.4 Å². The SMILES string of the molecule is COc1ccc([C@@H](C)NC(=O)C2CCC(NC(=O)c3ccc[nH]3)CC2)cc1.O=CO. The van der Waals surface area contributed by atoms with Crippen LogP contribution in [0.2, 0.25) is 0 Å². The Balaban J connectivity index is 0.00000101. The number of rotatable bonds is 6. The van der Waals surface area contributed by atoms with Crippen LogP contribution in [0.3, 0.4) is 0 Å². The lowest BCUT2D eigenvalue weighted by molar-refractivity contribution is -0.126. The largest absolute Gasteiger partial charge is 0.497 e. The van der Waals surface area contributed by atoms with Gasteiger partial charge < -0.3 is 25.5 Å². The van der Waals surface area contributed by atoms with Crippen LogP contribution in [0.15, 0.2) is 42.6 Å². The van der Waals surface area contributed by atoms with Crippen molar-refractivity contribution in [1.29, 1.82) is 0 Å². The number of H-pyrrole nitrogens is 1. The van der Waals surface area contributed by atoms with Crippen LogP contribution in [-0.4, -0.2) is 41.5 Å². The Morgan fingerprint density at radius 1 is 1.17 bits per heavy atom. The first-order valence-electron chi connectivity index (χ1n) is 9.94. The highest BCUT2D eigenvalue weighted by atomic mass is 16.5. The van der Waals surface area contributed by atoms with Crippen molar-refractivity contribution >= 4 is 18.3 Å². The Labute approximate surface area is 176 Å². The third-order valence-electron chi connectivity index (χ3n) is 5.25. The Morgan fingerprint density at radius 2 is 1.80 bits per heavy atom. The summed E-state index contributed by atoms with van der Waals surface area (Å²) >= 11 is 0. The number of nitrogens with one attached hydrogen (secondary N) is 3. The topological polar surface area (TPSA) is 121 Å². The van der Waals surface area contributed by atoms with Gasteiger partial charge in [0.15, 0.2) is 0 Å². The molecule has 162 valence electrons. The first-order valence-corrected chi connectivity index (χ1v) is 9.94. The molecule has 1 saturated carbocycles. The van der Waals surface area contributed by atoms with Gasteiger partial charge in [-0.3, -0.25) is 14.4 Å². The molecule has 3 rings (SSSR count). The van der Waals surface area contributed by atoms with Crippen LogP contribution in [0.4, 0.5) is 0 Å². The first kappa shape index (κ1) is 23.0. The minimum absolute atomic E-state index is 0.00402. The van der Waals surface area contributed by atoms with Gasteiger partial charge in [0.2, 0.25) is 5.91 Å². The van der Waals surface area contributed by atoms with E-state index in [1.807, 2.05) is 31.2 Å². The van der Waals surface area contributed by atoms with Crippen molar-refractivity contribution in [2.24, 2.45) is 5.92 Å². The highest BCUT2D eigenvalue weighted by molar-refractivity contribution is 5.92. The van der Waals surface area contributed by atoms with Gasteiger partial charge in [-0.05, 0) is 62.4 Å². The molecule has 0 radical (unpaired) electrons. The maximum Gasteiger partial charge on any atom is 0.290 e. The van der Waals surface area contributed by atoms with Crippen molar-refractivity contribution in [2.45, 2.75) is 44.7 Å². The molecule has 0 aliphatic heterocycles. The second-order valence-electron chi connectivity index (χ2n) is 7.21. The average molecular weight is 415 g/mol. The van der Waals surface area contributed by atoms with E-state index in [0.717, 1.165) is 37.0 Å². The fourth-order valence-electron chi connectivity index (χ4n) is 3.54. The summed E-state index contributed by atoms with van der Waals surface area (Å²) in [6.45, 7) is 1.74. The standard InChI is InChI=1S/C21H27N3O3.CH2O2/c1-14(15-7-11-18(27-2)12-8-15)23-20(25)16-5-9-17(10-6-16)24-21(26)19-4-3-13-22-19;2-1-3/h3-4,7-8,11-14,16-17,22H,5-6,9-10H2,1-2H3,(H,23,25)(H,24,26);1H,(H,2,3)/t14-,16?,17?;/m1./s1. The molecule has 0 saturated heterocycles. The molecule has 8 heteroatoms. The van der Waals surface area contributed by atoms with Gasteiger partial charge in [0.1, 0.15) is 11.4 Å². The number of hydrogen-bond acceptors (Lipinski definition) is 4. The van der Waals surface area contributed by atoms with E-state index in [2.05, 4.69) is 15.6 Å². The van der Waals surface area contributed by atoms with Crippen molar-refractivity contribution in [2.75, 3.05) is 7.11 Å². The average Bonchev–Trinajstić information content (AvgIpc) is 3.30. The number of carbonyl (C=O) groups excluding carboxylic acids is 2. The van der Waals surface area contributed by atoms with Gasteiger partial charge in [-0.25, -0.2) is 0 Å². The van der Waals surface area contributed by atoms with Crippen LogP contribution >= 0.6 is 0 Å². The molecule has 0 spiro atoms. The summed E-state index contributed by atoms with van der Waals surface area (Å²) in [5.41, 5.74) is 1.62. The highest BCUT2D eigenvalue weighted by Gasteiger charge is 2.28. The van der Waals surface area contributed by atoms with E-state index in [9.17, 15) is 9.59 Å². The molecule has 30 heavy (non-hydrogen) atoms. The van der Waals surface area contributed by atoms with Gasteiger partial charge in [-0.1, -0.05) is 12.1 Å². The van der Waals surface area contributed by atoms with Crippen molar-refractivity contribution in [3.63, 3.8) is 0 Å². The Bertz CT molecular complexity index is 797. The van der Waals surface area contributed by atoms with Gasteiger partial charge in [-0.15, -0.1) is 0 Å². The van der Waals surface area contributed by atoms with Gasteiger partial charge in [0.05, 0.1) is 13.2 Å². The second kappa shape index (κ2) is 11.6. The normalized spacial score (nSPS) is 18.9. The summed E-state index contributed by atoms with van der Waals surface area (Å²) in [5.74, 6) is 0.815. The minimum Gasteiger partial charge on any atom is -0.497 e. The summed E-state index contributed by atoms with van der Waals surface area (Å²) in [6.07, 6.45) is 4.96. The third-order valence-corrected chi connectivity index (χ3v) is 5.25. The zero-order valence-electron chi connectivity index (χ0n) is 17.3. The number of benzene rings is 1. The molecule has 0 bridgehead atoms. The Morgan fingerprint density at radius 3 is 2.33 bits per heavy atom. The number of amides is 2. The summed E-state index contributed by atoms with van der Waals surface area (Å²) in [6, 6.07) is 11.4. The van der Waals surface area contributed by atoms with Crippen molar-refractivity contribution < 1.29 is 24.2 Å². The lowest BCUT2D eigenvalue weighted by Crippen LogP contribution is -2.41. The lowest BCUT2D eigenvalue weighted by Gasteiger charge is -2.29. The first-order chi connectivity index (χ1) is 14.5. The van der Waals surface area contributed by atoms with Crippen LogP contribution in [0.1, 0.15) is 54.7 Å². The molecule has 2 amide bonds. The molecular weight excluding hydrogens is 386 g/mol. The lowest BCUT2D eigenvalue weighted by atomic mass is 9.85. The molecule has 1 atom stereocenters. The van der Waals surface area contributed by atoms with Gasteiger partial charge in [0.25, 0.3) is 12.4 Å². The summed E-state index contributed by atoms with van der Waals surface area (Å²) in [5, 5.41) is 13.0. The zero-order valence-corrected chi connectivity index (χ0v) is 17.3. The molecule has 1 aliphatic carbocycles. The van der Waals surface area contributed by atoms with E-state index < -0.39 is 0 Å².